The van der Waals surface area contributed by atoms with E-state index in [0.29, 0.717) is 18.4 Å². The van der Waals surface area contributed by atoms with Crippen molar-refractivity contribution in [2.24, 2.45) is 5.73 Å². The van der Waals surface area contributed by atoms with Crippen molar-refractivity contribution >= 4 is 18.5 Å². The fourth-order valence-electron chi connectivity index (χ4n) is 2.45. The summed E-state index contributed by atoms with van der Waals surface area (Å²) in [5.74, 6) is -0.172. The Kier molecular flexibility index (Phi) is 6.99. The smallest absolute Gasteiger partial charge is 0.423 e. The summed E-state index contributed by atoms with van der Waals surface area (Å²) in [5, 5.41) is 21.0. The Bertz CT molecular complexity index is 632. The molecule has 126 valence electrons. The average Bonchev–Trinajstić information content (AvgIpc) is 2.60. The van der Waals surface area contributed by atoms with Crippen LogP contribution < -0.4 is 16.5 Å². The first-order chi connectivity index (χ1) is 11.6. The summed E-state index contributed by atoms with van der Waals surface area (Å²) >= 11 is 0. The van der Waals surface area contributed by atoms with Crippen molar-refractivity contribution in [2.75, 3.05) is 6.54 Å². The van der Waals surface area contributed by atoms with Gasteiger partial charge < -0.3 is 21.1 Å². The first-order valence-electron chi connectivity index (χ1n) is 8.08. The lowest BCUT2D eigenvalue weighted by Crippen LogP contribution is -2.42. The number of carbonyl (C=O) groups excluding carboxylic acids is 1. The minimum atomic E-state index is -1.49. The van der Waals surface area contributed by atoms with Crippen LogP contribution in [0, 0.1) is 0 Å². The molecule has 0 unspecified atom stereocenters. The van der Waals surface area contributed by atoms with Crippen molar-refractivity contribution in [1.29, 1.82) is 0 Å². The minimum absolute atomic E-state index is 0.172. The normalized spacial score (nSPS) is 11.8. The molecule has 0 heterocycles. The van der Waals surface area contributed by atoms with Crippen molar-refractivity contribution in [3.05, 3.63) is 65.7 Å². The Morgan fingerprint density at radius 1 is 1.04 bits per heavy atom. The van der Waals surface area contributed by atoms with Crippen molar-refractivity contribution < 1.29 is 14.8 Å². The molecule has 0 saturated carbocycles. The van der Waals surface area contributed by atoms with Gasteiger partial charge in [0.1, 0.15) is 0 Å². The Hall–Kier alpha value is -2.15. The standard InChI is InChI=1S/C18H23BN2O3/c20-17(13-15-8-10-16(11-9-15)19(23)24)18(22)21-12-4-7-14-5-2-1-3-6-14/h1-3,5-6,8-11,17,23-24H,4,7,12-13,20H2,(H,21,22)/t17-/m0/s1. The van der Waals surface area contributed by atoms with E-state index in [9.17, 15) is 4.79 Å². The average molecular weight is 326 g/mol. The Balaban J connectivity index is 1.71. The summed E-state index contributed by atoms with van der Waals surface area (Å²) in [6.45, 7) is 0.594. The van der Waals surface area contributed by atoms with Gasteiger partial charge in [0.15, 0.2) is 0 Å². The second-order valence-corrected chi connectivity index (χ2v) is 5.81. The van der Waals surface area contributed by atoms with Crippen LogP contribution in [0.25, 0.3) is 0 Å². The summed E-state index contributed by atoms with van der Waals surface area (Å²) in [4.78, 5) is 12.0. The number of rotatable bonds is 8. The highest BCUT2D eigenvalue weighted by atomic mass is 16.4. The van der Waals surface area contributed by atoms with Crippen LogP contribution in [0.2, 0.25) is 0 Å². The van der Waals surface area contributed by atoms with Gasteiger partial charge in [-0.1, -0.05) is 54.6 Å². The second kappa shape index (κ2) is 9.22. The van der Waals surface area contributed by atoms with Gasteiger partial charge in [-0.2, -0.15) is 0 Å². The topological polar surface area (TPSA) is 95.6 Å². The number of aryl methyl sites for hydroxylation is 1. The third kappa shape index (κ3) is 5.81. The van der Waals surface area contributed by atoms with Crippen LogP contribution >= 0.6 is 0 Å². The molecular formula is C18H23BN2O3. The zero-order valence-corrected chi connectivity index (χ0v) is 13.6. The SMILES string of the molecule is N[C@@H](Cc1ccc(B(O)O)cc1)C(=O)NCCCc1ccccc1. The van der Waals surface area contributed by atoms with Crippen LogP contribution in [0.4, 0.5) is 0 Å². The molecule has 0 fully saturated rings. The van der Waals surface area contributed by atoms with Crippen LogP contribution in [0.15, 0.2) is 54.6 Å². The lowest BCUT2D eigenvalue weighted by atomic mass is 9.80. The summed E-state index contributed by atoms with van der Waals surface area (Å²) < 4.78 is 0. The van der Waals surface area contributed by atoms with E-state index >= 15 is 0 Å². The summed E-state index contributed by atoms with van der Waals surface area (Å²) in [5.41, 5.74) is 8.48. The molecule has 6 heteroatoms. The monoisotopic (exact) mass is 326 g/mol. The fourth-order valence-corrected chi connectivity index (χ4v) is 2.45. The van der Waals surface area contributed by atoms with E-state index in [-0.39, 0.29) is 5.91 Å². The molecular weight excluding hydrogens is 303 g/mol. The fraction of sp³-hybridized carbons (Fsp3) is 0.278. The molecule has 0 aliphatic rings. The maximum absolute atomic E-state index is 12.0. The van der Waals surface area contributed by atoms with Crippen LogP contribution in [0.5, 0.6) is 0 Å². The number of carbonyl (C=O) groups is 1. The van der Waals surface area contributed by atoms with Crippen molar-refractivity contribution in [1.82, 2.24) is 5.32 Å². The van der Waals surface area contributed by atoms with Gasteiger partial charge in [-0.25, -0.2) is 0 Å². The van der Waals surface area contributed by atoms with E-state index in [1.165, 1.54) is 5.56 Å². The predicted octanol–water partition coefficient (Wildman–Crippen LogP) is -0.0148. The van der Waals surface area contributed by atoms with Gasteiger partial charge in [-0.15, -0.1) is 0 Å². The molecule has 2 aromatic carbocycles. The number of nitrogens with one attached hydrogen (secondary N) is 1. The Morgan fingerprint density at radius 2 is 1.71 bits per heavy atom. The number of nitrogens with two attached hydrogens (primary N) is 1. The maximum Gasteiger partial charge on any atom is 0.488 e. The highest BCUT2D eigenvalue weighted by molar-refractivity contribution is 6.58. The van der Waals surface area contributed by atoms with E-state index in [1.54, 1.807) is 24.3 Å². The number of benzene rings is 2. The van der Waals surface area contributed by atoms with Gasteiger partial charge in [0, 0.05) is 6.54 Å². The maximum atomic E-state index is 12.0. The van der Waals surface area contributed by atoms with Gasteiger partial charge in [-0.3, -0.25) is 4.79 Å². The van der Waals surface area contributed by atoms with Crippen molar-refractivity contribution in [2.45, 2.75) is 25.3 Å². The van der Waals surface area contributed by atoms with E-state index in [0.717, 1.165) is 18.4 Å². The number of hydrogen-bond donors (Lipinski definition) is 4. The Morgan fingerprint density at radius 3 is 2.33 bits per heavy atom. The van der Waals surface area contributed by atoms with E-state index in [2.05, 4.69) is 17.4 Å². The molecule has 0 aliphatic carbocycles. The van der Waals surface area contributed by atoms with Crippen LogP contribution in [0.1, 0.15) is 17.5 Å². The summed E-state index contributed by atoms with van der Waals surface area (Å²) in [6.07, 6.45) is 2.19. The van der Waals surface area contributed by atoms with Crippen LogP contribution in [-0.2, 0) is 17.6 Å². The summed E-state index contributed by atoms with van der Waals surface area (Å²) in [6, 6.07) is 16.2. The third-order valence-electron chi connectivity index (χ3n) is 3.85. The van der Waals surface area contributed by atoms with E-state index < -0.39 is 13.2 Å². The molecule has 0 bridgehead atoms. The highest BCUT2D eigenvalue weighted by Crippen LogP contribution is 2.03. The minimum Gasteiger partial charge on any atom is -0.423 e. The van der Waals surface area contributed by atoms with Crippen molar-refractivity contribution in [3.63, 3.8) is 0 Å². The summed E-state index contributed by atoms with van der Waals surface area (Å²) in [7, 11) is -1.49. The molecule has 2 aromatic rings. The molecule has 0 saturated heterocycles. The quantitative estimate of drug-likeness (QED) is 0.405. The van der Waals surface area contributed by atoms with Crippen LogP contribution in [0.3, 0.4) is 0 Å². The largest absolute Gasteiger partial charge is 0.488 e. The first kappa shape index (κ1) is 18.2. The number of amides is 1. The van der Waals surface area contributed by atoms with E-state index in [1.807, 2.05) is 18.2 Å². The zero-order chi connectivity index (χ0) is 17.4. The van der Waals surface area contributed by atoms with Crippen molar-refractivity contribution in [3.8, 4) is 0 Å². The third-order valence-corrected chi connectivity index (χ3v) is 3.85. The molecule has 24 heavy (non-hydrogen) atoms. The van der Waals surface area contributed by atoms with Crippen LogP contribution in [-0.4, -0.2) is 35.7 Å². The van der Waals surface area contributed by atoms with Gasteiger partial charge in [-0.05, 0) is 35.9 Å². The van der Waals surface area contributed by atoms with E-state index in [4.69, 9.17) is 15.8 Å². The molecule has 5 nitrogen and oxygen atoms in total. The highest BCUT2D eigenvalue weighted by Gasteiger charge is 2.15. The molecule has 0 aliphatic heterocycles. The van der Waals surface area contributed by atoms with Gasteiger partial charge in [0.2, 0.25) is 5.91 Å². The second-order valence-electron chi connectivity index (χ2n) is 5.81. The Labute approximate surface area is 142 Å². The lowest BCUT2D eigenvalue weighted by molar-refractivity contribution is -0.122. The first-order valence-corrected chi connectivity index (χ1v) is 8.08. The molecule has 0 radical (unpaired) electrons. The zero-order valence-electron chi connectivity index (χ0n) is 13.6. The van der Waals surface area contributed by atoms with Gasteiger partial charge in [0.25, 0.3) is 0 Å². The van der Waals surface area contributed by atoms with Gasteiger partial charge >= 0.3 is 7.12 Å². The molecule has 0 spiro atoms. The molecule has 0 aromatic heterocycles. The lowest BCUT2D eigenvalue weighted by Gasteiger charge is -2.13. The predicted molar refractivity (Wildman–Crippen MR) is 95.7 cm³/mol. The van der Waals surface area contributed by atoms with Gasteiger partial charge in [0.05, 0.1) is 6.04 Å². The molecule has 1 amide bonds. The molecule has 1 atom stereocenters. The molecule has 2 rings (SSSR count). The number of hydrogen-bond acceptors (Lipinski definition) is 4. The molecule has 5 N–H and O–H groups in total.